The van der Waals surface area contributed by atoms with Crippen LogP contribution in [0.15, 0.2) is 17.5 Å². The van der Waals surface area contributed by atoms with Crippen molar-refractivity contribution in [3.63, 3.8) is 0 Å². The number of piperidine rings is 1. The summed E-state index contributed by atoms with van der Waals surface area (Å²) in [5.74, 6) is 0.732. The fourth-order valence-corrected chi connectivity index (χ4v) is 2.67. The highest BCUT2D eigenvalue weighted by Gasteiger charge is 2.31. The van der Waals surface area contributed by atoms with Crippen molar-refractivity contribution in [3.8, 4) is 0 Å². The summed E-state index contributed by atoms with van der Waals surface area (Å²) in [5, 5.41) is 3.72. The van der Waals surface area contributed by atoms with Crippen LogP contribution in [-0.4, -0.2) is 48.1 Å². The largest absolute Gasteiger partial charge is 0.441 e. The summed E-state index contributed by atoms with van der Waals surface area (Å²) in [6.45, 7) is 3.36. The van der Waals surface area contributed by atoms with Crippen molar-refractivity contribution in [2.24, 2.45) is 16.8 Å². The number of alkyl halides is 3. The van der Waals surface area contributed by atoms with Gasteiger partial charge in [-0.15, -0.1) is 0 Å². The number of carbonyl (C=O) groups excluding carboxylic acids is 1. The number of nitrogens with two attached hydrogens (primary N) is 1. The summed E-state index contributed by atoms with van der Waals surface area (Å²) in [7, 11) is 0. The number of amides is 1. The lowest BCUT2D eigenvalue weighted by atomic mass is 9.94. The van der Waals surface area contributed by atoms with Crippen molar-refractivity contribution in [2.45, 2.75) is 38.5 Å². The number of hydrogen-bond acceptors (Lipinski definition) is 7. The molecular weight excluding hydrogens is 367 g/mol. The van der Waals surface area contributed by atoms with E-state index in [4.69, 9.17) is 10.6 Å². The molecule has 27 heavy (non-hydrogen) atoms. The maximum absolute atomic E-state index is 12.5. The summed E-state index contributed by atoms with van der Waals surface area (Å²) in [5.41, 5.74) is 4.02. The molecule has 1 atom stereocenters. The normalized spacial score (nSPS) is 17.1. The van der Waals surface area contributed by atoms with Crippen LogP contribution >= 0.6 is 0 Å². The maximum atomic E-state index is 12.5. The van der Waals surface area contributed by atoms with Crippen molar-refractivity contribution in [2.75, 3.05) is 24.6 Å². The van der Waals surface area contributed by atoms with E-state index in [0.29, 0.717) is 31.6 Å². The average molecular weight is 389 g/mol. The third-order valence-corrected chi connectivity index (χ3v) is 4.13. The molecule has 1 saturated heterocycles. The predicted octanol–water partition coefficient (Wildman–Crippen LogP) is 2.59. The van der Waals surface area contributed by atoms with E-state index >= 15 is 0 Å². The Morgan fingerprint density at radius 2 is 2.04 bits per heavy atom. The monoisotopic (exact) mass is 389 g/mol. The maximum Gasteiger partial charge on any atom is 0.419 e. The van der Waals surface area contributed by atoms with Gasteiger partial charge < -0.3 is 20.2 Å². The molecule has 150 valence electrons. The minimum Gasteiger partial charge on any atom is -0.441 e. The molecule has 1 aliphatic rings. The lowest BCUT2D eigenvalue weighted by Gasteiger charge is -2.31. The van der Waals surface area contributed by atoms with Gasteiger partial charge in [-0.05, 0) is 32.1 Å². The van der Waals surface area contributed by atoms with Gasteiger partial charge in [-0.1, -0.05) is 5.16 Å². The summed E-state index contributed by atoms with van der Waals surface area (Å²) >= 11 is 0. The number of nitrogens with zero attached hydrogens (tertiary/aromatic N) is 4. The van der Waals surface area contributed by atoms with E-state index in [2.05, 4.69) is 19.9 Å². The first kappa shape index (κ1) is 20.7. The second-order valence-corrected chi connectivity index (χ2v) is 6.22. The van der Waals surface area contributed by atoms with Crippen LogP contribution in [0, 0.1) is 5.92 Å². The number of primary amides is 1. The Morgan fingerprint density at radius 1 is 1.41 bits per heavy atom. The highest BCUT2D eigenvalue weighted by atomic mass is 19.4. The van der Waals surface area contributed by atoms with E-state index in [1.54, 1.807) is 6.92 Å². The van der Waals surface area contributed by atoms with Crippen LogP contribution in [-0.2, 0) is 15.8 Å². The van der Waals surface area contributed by atoms with Crippen molar-refractivity contribution < 1.29 is 27.5 Å². The molecule has 0 aliphatic carbocycles. The van der Waals surface area contributed by atoms with Crippen LogP contribution in [0.4, 0.5) is 23.9 Å². The number of rotatable bonds is 7. The van der Waals surface area contributed by atoms with Crippen LogP contribution in [0.3, 0.4) is 0 Å². The standard InChI is InChI=1S/C16H22F3N5O3/c1-11(27-14(20)25)8-23-26-7-4-12-2-5-24(6-3-12)15-21-9-13(10-22-15)16(17,18)19/h8-12H,2-7H2,1H3,(H2,20,25). The summed E-state index contributed by atoms with van der Waals surface area (Å²) in [6, 6.07) is 0. The zero-order valence-corrected chi connectivity index (χ0v) is 14.9. The minimum absolute atomic E-state index is 0.311. The van der Waals surface area contributed by atoms with Crippen LogP contribution in [0.25, 0.3) is 0 Å². The molecule has 8 nitrogen and oxygen atoms in total. The molecule has 11 heteroatoms. The predicted molar refractivity (Wildman–Crippen MR) is 91.2 cm³/mol. The molecule has 1 unspecified atom stereocenters. The van der Waals surface area contributed by atoms with Gasteiger partial charge in [-0.25, -0.2) is 14.8 Å². The lowest BCUT2D eigenvalue weighted by Crippen LogP contribution is -2.35. The van der Waals surface area contributed by atoms with Gasteiger partial charge in [0, 0.05) is 25.5 Å². The van der Waals surface area contributed by atoms with Gasteiger partial charge in [0.2, 0.25) is 5.95 Å². The van der Waals surface area contributed by atoms with Crippen molar-refractivity contribution in [1.29, 1.82) is 0 Å². The molecule has 2 heterocycles. The van der Waals surface area contributed by atoms with Crippen molar-refractivity contribution >= 4 is 18.3 Å². The molecular formula is C16H22F3N5O3. The summed E-state index contributed by atoms with van der Waals surface area (Å²) in [4.78, 5) is 25.2. The van der Waals surface area contributed by atoms with Gasteiger partial charge in [0.05, 0.1) is 11.8 Å². The number of halogens is 3. The van der Waals surface area contributed by atoms with E-state index in [1.165, 1.54) is 6.21 Å². The molecule has 1 aliphatic heterocycles. The average Bonchev–Trinajstić information content (AvgIpc) is 2.61. The quantitative estimate of drug-likeness (QED) is 0.437. The third kappa shape index (κ3) is 6.91. The van der Waals surface area contributed by atoms with Crippen molar-refractivity contribution in [1.82, 2.24) is 9.97 Å². The van der Waals surface area contributed by atoms with Crippen LogP contribution in [0.1, 0.15) is 31.7 Å². The Balaban J connectivity index is 1.68. The fraction of sp³-hybridized carbons (Fsp3) is 0.625. The number of oxime groups is 1. The molecule has 0 saturated carbocycles. The molecule has 2 N–H and O–H groups in total. The lowest BCUT2D eigenvalue weighted by molar-refractivity contribution is -0.138. The summed E-state index contributed by atoms with van der Waals surface area (Å²) < 4.78 is 42.3. The molecule has 1 fully saturated rings. The minimum atomic E-state index is -4.43. The fourth-order valence-electron chi connectivity index (χ4n) is 2.67. The van der Waals surface area contributed by atoms with Crippen LogP contribution < -0.4 is 10.6 Å². The van der Waals surface area contributed by atoms with Crippen molar-refractivity contribution in [3.05, 3.63) is 18.0 Å². The Labute approximate surface area is 154 Å². The number of aromatic nitrogens is 2. The smallest absolute Gasteiger partial charge is 0.419 e. The van der Waals surface area contributed by atoms with E-state index in [-0.39, 0.29) is 0 Å². The van der Waals surface area contributed by atoms with Crippen LogP contribution in [0.5, 0.6) is 0 Å². The van der Waals surface area contributed by atoms with E-state index < -0.39 is 23.9 Å². The third-order valence-electron chi connectivity index (χ3n) is 4.13. The zero-order valence-electron chi connectivity index (χ0n) is 14.9. The molecule has 0 radical (unpaired) electrons. The Bertz CT molecular complexity index is 631. The van der Waals surface area contributed by atoms with Gasteiger partial charge in [-0.2, -0.15) is 13.2 Å². The number of hydrogen-bond donors (Lipinski definition) is 1. The topological polar surface area (TPSA) is 103 Å². The first-order valence-electron chi connectivity index (χ1n) is 8.51. The Kier molecular flexibility index (Phi) is 7.19. The Hall–Kier alpha value is -2.59. The number of carbonyl (C=O) groups is 1. The SMILES string of the molecule is CC(C=NOCCC1CCN(c2ncc(C(F)(F)F)cn2)CC1)OC(N)=O. The van der Waals surface area contributed by atoms with E-state index in [9.17, 15) is 18.0 Å². The first-order chi connectivity index (χ1) is 12.8. The molecule has 0 bridgehead atoms. The number of ether oxygens (including phenoxy) is 1. The van der Waals surface area contributed by atoms with Crippen LogP contribution in [0.2, 0.25) is 0 Å². The van der Waals surface area contributed by atoms with Gasteiger partial charge >= 0.3 is 12.3 Å². The highest BCUT2D eigenvalue weighted by Crippen LogP contribution is 2.29. The molecule has 2 rings (SSSR count). The first-order valence-corrected chi connectivity index (χ1v) is 8.51. The number of anilines is 1. The Morgan fingerprint density at radius 3 is 2.59 bits per heavy atom. The van der Waals surface area contributed by atoms with Gasteiger partial charge in [0.1, 0.15) is 12.7 Å². The zero-order chi connectivity index (χ0) is 19.9. The van der Waals surface area contributed by atoms with E-state index in [1.807, 2.05) is 4.90 Å². The molecule has 1 aromatic heterocycles. The molecule has 1 aromatic rings. The highest BCUT2D eigenvalue weighted by molar-refractivity contribution is 5.70. The molecule has 1 amide bonds. The molecule has 0 aromatic carbocycles. The van der Waals surface area contributed by atoms with Gasteiger partial charge in [0.25, 0.3) is 0 Å². The second-order valence-electron chi connectivity index (χ2n) is 6.22. The molecule has 0 spiro atoms. The van der Waals surface area contributed by atoms with Gasteiger partial charge in [-0.3, -0.25) is 0 Å². The van der Waals surface area contributed by atoms with Gasteiger partial charge in [0.15, 0.2) is 0 Å². The van der Waals surface area contributed by atoms with E-state index in [0.717, 1.165) is 31.7 Å². The summed E-state index contributed by atoms with van der Waals surface area (Å²) in [6.07, 6.45) is -0.395. The second kappa shape index (κ2) is 9.38.